The van der Waals surface area contributed by atoms with Gasteiger partial charge in [0.1, 0.15) is 12.4 Å². The fourth-order valence-corrected chi connectivity index (χ4v) is 2.01. The summed E-state index contributed by atoms with van der Waals surface area (Å²) in [7, 11) is 1.52. The summed E-state index contributed by atoms with van der Waals surface area (Å²) < 4.78 is 20.4. The smallest absolute Gasteiger partial charge is 0.331 e. The van der Waals surface area contributed by atoms with Crippen molar-refractivity contribution in [3.63, 3.8) is 0 Å². The lowest BCUT2D eigenvalue weighted by molar-refractivity contribution is -0.142. The van der Waals surface area contributed by atoms with E-state index >= 15 is 0 Å². The predicted octanol–water partition coefficient (Wildman–Crippen LogP) is 2.75. The first kappa shape index (κ1) is 19.8. The minimum atomic E-state index is -0.660. The van der Waals surface area contributed by atoms with Crippen molar-refractivity contribution in [2.24, 2.45) is 0 Å². The van der Waals surface area contributed by atoms with Crippen molar-refractivity contribution in [1.82, 2.24) is 5.16 Å². The van der Waals surface area contributed by atoms with E-state index in [1.807, 2.05) is 0 Å². The van der Waals surface area contributed by atoms with Crippen LogP contribution in [0.5, 0.6) is 11.5 Å². The highest BCUT2D eigenvalue weighted by molar-refractivity contribution is 5.94. The first-order chi connectivity index (χ1) is 13.0. The summed E-state index contributed by atoms with van der Waals surface area (Å²) in [6.45, 7) is 5.20. The van der Waals surface area contributed by atoms with Gasteiger partial charge in [0.2, 0.25) is 0 Å². The van der Waals surface area contributed by atoms with Crippen molar-refractivity contribution in [2.45, 2.75) is 6.92 Å². The van der Waals surface area contributed by atoms with E-state index in [1.54, 1.807) is 43.3 Å². The third kappa shape index (κ3) is 6.35. The number of hydrogen-bond acceptors (Lipinski definition) is 7. The summed E-state index contributed by atoms with van der Waals surface area (Å²) >= 11 is 0. The van der Waals surface area contributed by atoms with Gasteiger partial charge in [0.15, 0.2) is 23.9 Å². The second-order valence-electron chi connectivity index (χ2n) is 5.32. The quantitative estimate of drug-likeness (QED) is 0.410. The zero-order chi connectivity index (χ0) is 19.6. The first-order valence-electron chi connectivity index (χ1n) is 8.01. The van der Waals surface area contributed by atoms with Crippen molar-refractivity contribution >= 4 is 23.8 Å². The molecule has 0 saturated heterocycles. The Morgan fingerprint density at radius 2 is 2.11 bits per heavy atom. The fraction of sp³-hybridized carbons (Fsp3) is 0.211. The molecule has 8 nitrogen and oxygen atoms in total. The molecule has 0 aliphatic rings. The predicted molar refractivity (Wildman–Crippen MR) is 98.5 cm³/mol. The van der Waals surface area contributed by atoms with Crippen molar-refractivity contribution in [2.75, 3.05) is 25.6 Å². The highest BCUT2D eigenvalue weighted by Gasteiger charge is 2.09. The molecule has 142 valence electrons. The monoisotopic (exact) mass is 372 g/mol. The SMILES string of the molecule is C=CCOc1ccc(/C=C/C(=O)OCC(=O)Nc2cc(C)on2)cc1OC. The van der Waals surface area contributed by atoms with E-state index in [0.717, 1.165) is 0 Å². The second kappa shape index (κ2) is 9.81. The number of rotatable bonds is 9. The Kier molecular flexibility index (Phi) is 7.18. The normalized spacial score (nSPS) is 10.4. The van der Waals surface area contributed by atoms with Crippen LogP contribution in [0.1, 0.15) is 11.3 Å². The Labute approximate surface area is 156 Å². The molecule has 0 bridgehead atoms. The Bertz CT molecular complexity index is 840. The number of methoxy groups -OCH3 is 1. The van der Waals surface area contributed by atoms with Gasteiger partial charge in [-0.25, -0.2) is 4.79 Å². The zero-order valence-corrected chi connectivity index (χ0v) is 15.1. The number of hydrogen-bond donors (Lipinski definition) is 1. The third-order valence-corrected chi connectivity index (χ3v) is 3.20. The summed E-state index contributed by atoms with van der Waals surface area (Å²) in [5.41, 5.74) is 0.706. The van der Waals surface area contributed by atoms with Crippen LogP contribution in [0.3, 0.4) is 0 Å². The van der Waals surface area contributed by atoms with Gasteiger partial charge in [-0.1, -0.05) is 23.9 Å². The van der Waals surface area contributed by atoms with Gasteiger partial charge in [0.25, 0.3) is 5.91 Å². The Balaban J connectivity index is 1.86. The van der Waals surface area contributed by atoms with Crippen LogP contribution in [-0.2, 0) is 14.3 Å². The molecule has 8 heteroatoms. The third-order valence-electron chi connectivity index (χ3n) is 3.20. The van der Waals surface area contributed by atoms with Crippen LogP contribution in [-0.4, -0.2) is 37.4 Å². The minimum Gasteiger partial charge on any atom is -0.493 e. The number of benzene rings is 1. The fourth-order valence-electron chi connectivity index (χ4n) is 2.01. The Morgan fingerprint density at radius 1 is 1.30 bits per heavy atom. The van der Waals surface area contributed by atoms with Crippen LogP contribution >= 0.6 is 0 Å². The molecule has 0 unspecified atom stereocenters. The van der Waals surface area contributed by atoms with Gasteiger partial charge in [-0.15, -0.1) is 0 Å². The molecule has 1 aromatic heterocycles. The molecule has 0 aliphatic heterocycles. The molecule has 1 N–H and O–H groups in total. The number of nitrogens with zero attached hydrogens (tertiary/aromatic N) is 1. The molecule has 2 rings (SSSR count). The number of nitrogens with one attached hydrogen (secondary N) is 1. The Hall–Kier alpha value is -3.55. The maximum Gasteiger partial charge on any atom is 0.331 e. The summed E-state index contributed by atoms with van der Waals surface area (Å²) in [6, 6.07) is 6.74. The molecule has 2 aromatic rings. The van der Waals surface area contributed by atoms with E-state index in [9.17, 15) is 9.59 Å². The highest BCUT2D eigenvalue weighted by Crippen LogP contribution is 2.28. The molecule has 0 saturated carbocycles. The zero-order valence-electron chi connectivity index (χ0n) is 15.1. The average Bonchev–Trinajstić information content (AvgIpc) is 3.07. The molecule has 1 heterocycles. The molecule has 1 amide bonds. The molecular weight excluding hydrogens is 352 g/mol. The summed E-state index contributed by atoms with van der Waals surface area (Å²) in [5.74, 6) is 0.728. The van der Waals surface area contributed by atoms with E-state index in [0.29, 0.717) is 29.4 Å². The number of aryl methyl sites for hydroxylation is 1. The molecule has 0 aliphatic carbocycles. The molecular formula is C19H20N2O6. The summed E-state index contributed by atoms with van der Waals surface area (Å²) in [5, 5.41) is 6.06. The Morgan fingerprint density at radius 3 is 2.78 bits per heavy atom. The maximum absolute atomic E-state index is 11.7. The molecule has 0 fully saturated rings. The number of amides is 1. The largest absolute Gasteiger partial charge is 0.493 e. The van der Waals surface area contributed by atoms with Crippen LogP contribution in [0.2, 0.25) is 0 Å². The molecule has 0 radical (unpaired) electrons. The second-order valence-corrected chi connectivity index (χ2v) is 5.32. The van der Waals surface area contributed by atoms with Crippen molar-refractivity contribution in [3.05, 3.63) is 54.3 Å². The van der Waals surface area contributed by atoms with Gasteiger partial charge in [-0.3, -0.25) is 4.79 Å². The number of anilines is 1. The van der Waals surface area contributed by atoms with E-state index in [1.165, 1.54) is 13.2 Å². The van der Waals surface area contributed by atoms with Crippen LogP contribution in [0, 0.1) is 6.92 Å². The van der Waals surface area contributed by atoms with Gasteiger partial charge >= 0.3 is 5.97 Å². The van der Waals surface area contributed by atoms with E-state index < -0.39 is 18.5 Å². The van der Waals surface area contributed by atoms with Crippen molar-refractivity contribution in [3.8, 4) is 11.5 Å². The van der Waals surface area contributed by atoms with Gasteiger partial charge in [-0.05, 0) is 30.7 Å². The number of esters is 1. The van der Waals surface area contributed by atoms with E-state index in [4.69, 9.17) is 18.7 Å². The lowest BCUT2D eigenvalue weighted by Gasteiger charge is -2.09. The number of carbonyl (C=O) groups is 2. The first-order valence-corrected chi connectivity index (χ1v) is 8.01. The van der Waals surface area contributed by atoms with Crippen LogP contribution < -0.4 is 14.8 Å². The molecule has 0 spiro atoms. The van der Waals surface area contributed by atoms with E-state index in [2.05, 4.69) is 17.1 Å². The summed E-state index contributed by atoms with van der Waals surface area (Å²) in [6.07, 6.45) is 4.39. The number of aromatic nitrogens is 1. The van der Waals surface area contributed by atoms with Gasteiger partial charge in [0, 0.05) is 12.1 Å². The van der Waals surface area contributed by atoms with Crippen molar-refractivity contribution in [1.29, 1.82) is 0 Å². The topological polar surface area (TPSA) is 99.9 Å². The molecule has 1 aromatic carbocycles. The van der Waals surface area contributed by atoms with Crippen LogP contribution in [0.15, 0.2) is 47.5 Å². The maximum atomic E-state index is 11.7. The lowest BCUT2D eigenvalue weighted by atomic mass is 10.2. The minimum absolute atomic E-state index is 0.259. The van der Waals surface area contributed by atoms with Crippen LogP contribution in [0.4, 0.5) is 5.82 Å². The molecule has 0 atom stereocenters. The molecule has 27 heavy (non-hydrogen) atoms. The highest BCUT2D eigenvalue weighted by atomic mass is 16.5. The van der Waals surface area contributed by atoms with Crippen LogP contribution in [0.25, 0.3) is 6.08 Å². The standard InChI is InChI=1S/C19H20N2O6/c1-4-9-25-15-7-5-14(11-16(15)24-3)6-8-19(23)26-12-18(22)20-17-10-13(2)27-21-17/h4-8,10-11H,1,9,12H2,2-3H3,(H,20,21,22)/b8-6+. The van der Waals surface area contributed by atoms with Gasteiger partial charge in [0.05, 0.1) is 7.11 Å². The van der Waals surface area contributed by atoms with Gasteiger partial charge in [-0.2, -0.15) is 0 Å². The number of carbonyl (C=O) groups excluding carboxylic acids is 2. The van der Waals surface area contributed by atoms with E-state index in [-0.39, 0.29) is 5.82 Å². The average molecular weight is 372 g/mol. The summed E-state index contributed by atoms with van der Waals surface area (Å²) in [4.78, 5) is 23.4. The lowest BCUT2D eigenvalue weighted by Crippen LogP contribution is -2.20. The van der Waals surface area contributed by atoms with Crippen molar-refractivity contribution < 1.29 is 28.3 Å². The van der Waals surface area contributed by atoms with Gasteiger partial charge < -0.3 is 24.1 Å². The number of ether oxygens (including phenoxy) is 3.